The van der Waals surface area contributed by atoms with E-state index in [1.165, 1.54) is 4.90 Å². The molecule has 4 rings (SSSR count). The van der Waals surface area contributed by atoms with E-state index in [0.717, 1.165) is 42.5 Å². The van der Waals surface area contributed by atoms with E-state index in [1.54, 1.807) is 9.80 Å². The summed E-state index contributed by atoms with van der Waals surface area (Å²) in [5.74, 6) is -0.449. The van der Waals surface area contributed by atoms with Crippen LogP contribution in [0.1, 0.15) is 43.7 Å². The fourth-order valence-electron chi connectivity index (χ4n) is 4.99. The molecule has 2 aliphatic rings. The van der Waals surface area contributed by atoms with Gasteiger partial charge in [0.25, 0.3) is 0 Å². The van der Waals surface area contributed by atoms with Gasteiger partial charge in [0.1, 0.15) is 6.54 Å². The highest BCUT2D eigenvalue weighted by molar-refractivity contribution is 6.02. The van der Waals surface area contributed by atoms with Crippen molar-refractivity contribution >= 4 is 23.5 Å². The average molecular weight is 434 g/mol. The van der Waals surface area contributed by atoms with Gasteiger partial charge in [0.15, 0.2) is 0 Å². The van der Waals surface area contributed by atoms with E-state index in [-0.39, 0.29) is 42.9 Å². The molecule has 2 aromatic rings. The normalized spacial score (nSPS) is 20.8. The van der Waals surface area contributed by atoms with Crippen molar-refractivity contribution in [1.29, 1.82) is 0 Å². The zero-order chi connectivity index (χ0) is 22.7. The second-order valence-electron chi connectivity index (χ2n) is 8.76. The number of urea groups is 1. The first kappa shape index (κ1) is 22.1. The summed E-state index contributed by atoms with van der Waals surface area (Å²) in [5.41, 5.74) is 2.82. The number of amides is 4. The molecule has 2 aromatic carbocycles. The molecule has 6 heteroatoms. The van der Waals surface area contributed by atoms with Gasteiger partial charge in [-0.3, -0.25) is 14.5 Å². The Morgan fingerprint density at radius 2 is 1.78 bits per heavy atom. The van der Waals surface area contributed by atoms with Gasteiger partial charge >= 0.3 is 6.03 Å². The molecular formula is C26H31N3O3. The first-order valence-corrected chi connectivity index (χ1v) is 11.5. The Kier molecular flexibility index (Phi) is 6.58. The summed E-state index contributed by atoms with van der Waals surface area (Å²) in [4.78, 5) is 44.8. The van der Waals surface area contributed by atoms with Crippen LogP contribution in [-0.4, -0.2) is 46.8 Å². The number of imide groups is 1. The Hall–Kier alpha value is -3.15. The molecule has 1 heterocycles. The highest BCUT2D eigenvalue weighted by atomic mass is 16.2. The molecule has 6 nitrogen and oxygen atoms in total. The lowest BCUT2D eigenvalue weighted by Crippen LogP contribution is -2.63. The molecule has 0 N–H and O–H groups in total. The number of aryl methyl sites for hydroxylation is 1. The van der Waals surface area contributed by atoms with Gasteiger partial charge in [0.05, 0.1) is 12.5 Å². The number of hydrogen-bond acceptors (Lipinski definition) is 3. The van der Waals surface area contributed by atoms with Gasteiger partial charge in [0.2, 0.25) is 11.8 Å². The molecule has 0 radical (unpaired) electrons. The number of carbonyl (C=O) groups excluding carboxylic acids is 3. The molecule has 2 fully saturated rings. The van der Waals surface area contributed by atoms with Gasteiger partial charge in [0, 0.05) is 18.3 Å². The van der Waals surface area contributed by atoms with E-state index in [2.05, 4.69) is 0 Å². The summed E-state index contributed by atoms with van der Waals surface area (Å²) in [7, 11) is 0. The lowest BCUT2D eigenvalue weighted by atomic mass is 9.81. The van der Waals surface area contributed by atoms with Crippen molar-refractivity contribution in [2.75, 3.05) is 18.0 Å². The van der Waals surface area contributed by atoms with Crippen LogP contribution in [0.5, 0.6) is 0 Å². The van der Waals surface area contributed by atoms with Crippen LogP contribution >= 0.6 is 0 Å². The van der Waals surface area contributed by atoms with Gasteiger partial charge < -0.3 is 9.80 Å². The molecule has 1 saturated carbocycles. The van der Waals surface area contributed by atoms with Crippen molar-refractivity contribution < 1.29 is 14.4 Å². The third kappa shape index (κ3) is 4.40. The molecule has 1 saturated heterocycles. The molecule has 2 atom stereocenters. The molecule has 0 aromatic heterocycles. The number of anilines is 1. The predicted octanol–water partition coefficient (Wildman–Crippen LogP) is 4.37. The summed E-state index contributed by atoms with van der Waals surface area (Å²) in [5, 5.41) is 0. The lowest BCUT2D eigenvalue weighted by Gasteiger charge is -2.46. The van der Waals surface area contributed by atoms with Crippen LogP contribution in [0.25, 0.3) is 0 Å². The molecule has 2 unspecified atom stereocenters. The Morgan fingerprint density at radius 3 is 2.50 bits per heavy atom. The summed E-state index contributed by atoms with van der Waals surface area (Å²) >= 11 is 0. The van der Waals surface area contributed by atoms with Crippen molar-refractivity contribution in [2.24, 2.45) is 5.92 Å². The summed E-state index contributed by atoms with van der Waals surface area (Å²) in [6, 6.07) is 16.8. The Labute approximate surface area is 189 Å². The molecule has 32 heavy (non-hydrogen) atoms. The monoisotopic (exact) mass is 433 g/mol. The number of rotatable bonds is 6. The molecule has 0 spiro atoms. The van der Waals surface area contributed by atoms with Crippen molar-refractivity contribution in [1.82, 2.24) is 9.80 Å². The fourth-order valence-corrected chi connectivity index (χ4v) is 4.99. The third-order valence-corrected chi connectivity index (χ3v) is 6.61. The molecular weight excluding hydrogens is 402 g/mol. The van der Waals surface area contributed by atoms with Crippen molar-refractivity contribution in [3.63, 3.8) is 0 Å². The number of hydrogen-bond donors (Lipinski definition) is 0. The maximum atomic E-state index is 13.5. The summed E-state index contributed by atoms with van der Waals surface area (Å²) in [6.45, 7) is 4.68. The zero-order valence-electron chi connectivity index (χ0n) is 18.9. The standard InChI is InChI=1S/C26H31N3O3/c1-3-27(21-13-9-10-19(2)16-21)24(30)18-28-23-15-8-7-14-22(23)25(31)29(26(28)32)17-20-11-5-4-6-12-20/h4-6,9-13,16,22-23H,3,7-8,14-15,17-18H2,1-2H3. The average Bonchev–Trinajstić information content (AvgIpc) is 2.81. The van der Waals surface area contributed by atoms with E-state index in [0.29, 0.717) is 6.54 Å². The van der Waals surface area contributed by atoms with Crippen LogP contribution < -0.4 is 4.90 Å². The molecule has 1 aliphatic heterocycles. The fraction of sp³-hybridized carbons (Fsp3) is 0.423. The number of carbonyl (C=O) groups is 3. The van der Waals surface area contributed by atoms with Gasteiger partial charge in [-0.25, -0.2) is 4.79 Å². The van der Waals surface area contributed by atoms with Crippen molar-refractivity contribution in [3.8, 4) is 0 Å². The van der Waals surface area contributed by atoms with E-state index in [9.17, 15) is 14.4 Å². The molecule has 0 bridgehead atoms. The molecule has 1 aliphatic carbocycles. The van der Waals surface area contributed by atoms with Crippen LogP contribution in [0, 0.1) is 12.8 Å². The first-order chi connectivity index (χ1) is 15.5. The van der Waals surface area contributed by atoms with Gasteiger partial charge in [-0.2, -0.15) is 0 Å². The highest BCUT2D eigenvalue weighted by Crippen LogP contribution is 2.35. The van der Waals surface area contributed by atoms with Crippen LogP contribution in [0.15, 0.2) is 54.6 Å². The number of likely N-dealkylation sites (N-methyl/N-ethyl adjacent to an activating group) is 1. The number of nitrogens with zero attached hydrogens (tertiary/aromatic N) is 3. The minimum atomic E-state index is -0.351. The topological polar surface area (TPSA) is 60.9 Å². The Bertz CT molecular complexity index is 991. The van der Waals surface area contributed by atoms with Crippen LogP contribution in [0.3, 0.4) is 0 Å². The maximum Gasteiger partial charge on any atom is 0.327 e. The molecule has 4 amide bonds. The minimum Gasteiger partial charge on any atom is -0.311 e. The van der Waals surface area contributed by atoms with Gasteiger partial charge in [-0.15, -0.1) is 0 Å². The first-order valence-electron chi connectivity index (χ1n) is 11.5. The molecule has 168 valence electrons. The third-order valence-electron chi connectivity index (χ3n) is 6.61. The van der Waals surface area contributed by atoms with Gasteiger partial charge in [-0.05, 0) is 49.9 Å². The van der Waals surface area contributed by atoms with Crippen molar-refractivity contribution in [2.45, 2.75) is 52.1 Å². The van der Waals surface area contributed by atoms with E-state index in [1.807, 2.05) is 68.4 Å². The minimum absolute atomic E-state index is 0.0135. The zero-order valence-corrected chi connectivity index (χ0v) is 18.9. The Balaban J connectivity index is 1.59. The largest absolute Gasteiger partial charge is 0.327 e. The Morgan fingerprint density at radius 1 is 1.03 bits per heavy atom. The SMILES string of the molecule is CCN(C(=O)CN1C(=O)N(Cc2ccccc2)C(=O)C2CCCCC21)c1cccc(C)c1. The quantitative estimate of drug-likeness (QED) is 0.680. The van der Waals surface area contributed by atoms with Crippen LogP contribution in [-0.2, 0) is 16.1 Å². The van der Waals surface area contributed by atoms with Crippen molar-refractivity contribution in [3.05, 3.63) is 65.7 Å². The predicted molar refractivity (Wildman–Crippen MR) is 124 cm³/mol. The van der Waals surface area contributed by atoms with E-state index in [4.69, 9.17) is 0 Å². The number of fused-ring (bicyclic) bond motifs is 1. The van der Waals surface area contributed by atoms with E-state index < -0.39 is 0 Å². The van der Waals surface area contributed by atoms with Gasteiger partial charge in [-0.1, -0.05) is 55.3 Å². The summed E-state index contributed by atoms with van der Waals surface area (Å²) < 4.78 is 0. The highest BCUT2D eigenvalue weighted by Gasteiger charge is 2.47. The van der Waals surface area contributed by atoms with Crippen LogP contribution in [0.2, 0.25) is 0 Å². The second kappa shape index (κ2) is 9.55. The number of benzene rings is 2. The summed E-state index contributed by atoms with van der Waals surface area (Å²) in [6.07, 6.45) is 3.49. The maximum absolute atomic E-state index is 13.5. The van der Waals surface area contributed by atoms with E-state index >= 15 is 0 Å². The lowest BCUT2D eigenvalue weighted by molar-refractivity contribution is -0.142. The smallest absolute Gasteiger partial charge is 0.311 e. The van der Waals surface area contributed by atoms with Crippen LogP contribution in [0.4, 0.5) is 10.5 Å². The second-order valence-corrected chi connectivity index (χ2v) is 8.76.